The summed E-state index contributed by atoms with van der Waals surface area (Å²) in [6.07, 6.45) is 1.79. The van der Waals surface area contributed by atoms with Crippen LogP contribution in [0.5, 0.6) is 0 Å². The number of carbonyl (C=O) groups is 1. The van der Waals surface area contributed by atoms with E-state index >= 15 is 0 Å². The Morgan fingerprint density at radius 2 is 1.96 bits per heavy atom. The van der Waals surface area contributed by atoms with Gasteiger partial charge in [0.25, 0.3) is 5.91 Å². The molecule has 1 aliphatic rings. The van der Waals surface area contributed by atoms with Gasteiger partial charge in [0.2, 0.25) is 0 Å². The average Bonchev–Trinajstić information content (AvgIpc) is 2.63. The highest BCUT2D eigenvalue weighted by Crippen LogP contribution is 2.19. The smallest absolute Gasteiger partial charge is 0.251 e. The van der Waals surface area contributed by atoms with Crippen molar-refractivity contribution in [3.63, 3.8) is 0 Å². The number of pyridine rings is 2. The molecule has 1 amide bonds. The average molecular weight is 340 g/mol. The van der Waals surface area contributed by atoms with Gasteiger partial charge in [-0.15, -0.1) is 0 Å². The summed E-state index contributed by atoms with van der Waals surface area (Å²) < 4.78 is 5.45. The maximum atomic E-state index is 12.6. The quantitative estimate of drug-likeness (QED) is 0.900. The maximum Gasteiger partial charge on any atom is 0.251 e. The van der Waals surface area contributed by atoms with Crippen molar-refractivity contribution < 1.29 is 9.53 Å². The number of rotatable bonds is 5. The highest BCUT2D eigenvalue weighted by Gasteiger charge is 2.24. The van der Waals surface area contributed by atoms with Crippen molar-refractivity contribution in [2.75, 3.05) is 32.8 Å². The molecule has 1 aliphatic heterocycles. The summed E-state index contributed by atoms with van der Waals surface area (Å²) in [6.45, 7) is 7.40. The molecule has 0 bridgehead atoms. The van der Waals surface area contributed by atoms with Crippen LogP contribution in [0.3, 0.4) is 0 Å². The first-order valence-electron chi connectivity index (χ1n) is 8.60. The van der Waals surface area contributed by atoms with Crippen LogP contribution in [-0.4, -0.2) is 53.6 Å². The maximum absolute atomic E-state index is 12.6. The summed E-state index contributed by atoms with van der Waals surface area (Å²) in [6, 6.07) is 9.55. The third-order valence-electron chi connectivity index (χ3n) is 4.32. The van der Waals surface area contributed by atoms with Crippen molar-refractivity contribution in [3.05, 3.63) is 59.2 Å². The Bertz CT molecular complexity index is 694. The van der Waals surface area contributed by atoms with Crippen LogP contribution in [0.15, 0.2) is 36.5 Å². The molecular weight excluding hydrogens is 316 g/mol. The van der Waals surface area contributed by atoms with Crippen LogP contribution in [0.25, 0.3) is 0 Å². The van der Waals surface area contributed by atoms with E-state index in [4.69, 9.17) is 4.74 Å². The number of nitrogens with one attached hydrogen (secondary N) is 1. The van der Waals surface area contributed by atoms with Gasteiger partial charge in [-0.05, 0) is 38.1 Å². The molecule has 2 aromatic heterocycles. The van der Waals surface area contributed by atoms with E-state index in [1.165, 1.54) is 0 Å². The Hall–Kier alpha value is -2.31. The molecule has 6 heteroatoms. The molecule has 6 nitrogen and oxygen atoms in total. The molecule has 1 unspecified atom stereocenters. The Labute approximate surface area is 148 Å². The summed E-state index contributed by atoms with van der Waals surface area (Å²) in [5.74, 6) is -0.0807. The lowest BCUT2D eigenvalue weighted by molar-refractivity contribution is 0.0154. The van der Waals surface area contributed by atoms with Gasteiger partial charge in [0.15, 0.2) is 0 Å². The molecule has 1 saturated heterocycles. The summed E-state index contributed by atoms with van der Waals surface area (Å²) >= 11 is 0. The van der Waals surface area contributed by atoms with Crippen molar-refractivity contribution in [2.24, 2.45) is 0 Å². The third kappa shape index (κ3) is 4.61. The largest absolute Gasteiger partial charge is 0.379 e. The van der Waals surface area contributed by atoms with Gasteiger partial charge >= 0.3 is 0 Å². The van der Waals surface area contributed by atoms with Gasteiger partial charge in [0, 0.05) is 42.8 Å². The molecule has 2 aromatic rings. The van der Waals surface area contributed by atoms with Crippen LogP contribution < -0.4 is 5.32 Å². The SMILES string of the molecule is Cc1cc(C(=O)NCC(c2ccccn2)N2CCOCC2)cc(C)n1. The zero-order valence-corrected chi connectivity index (χ0v) is 14.7. The van der Waals surface area contributed by atoms with E-state index in [1.807, 2.05) is 44.2 Å². The molecule has 0 aromatic carbocycles. The predicted molar refractivity (Wildman–Crippen MR) is 95.4 cm³/mol. The lowest BCUT2D eigenvalue weighted by Gasteiger charge is -2.34. The van der Waals surface area contributed by atoms with Crippen molar-refractivity contribution in [1.29, 1.82) is 0 Å². The molecule has 1 N–H and O–H groups in total. The Balaban J connectivity index is 1.72. The normalized spacial score (nSPS) is 16.4. The van der Waals surface area contributed by atoms with Gasteiger partial charge < -0.3 is 10.1 Å². The summed E-state index contributed by atoms with van der Waals surface area (Å²) in [5, 5.41) is 3.06. The van der Waals surface area contributed by atoms with Crippen molar-refractivity contribution in [2.45, 2.75) is 19.9 Å². The number of amides is 1. The van der Waals surface area contributed by atoms with Gasteiger partial charge in [-0.3, -0.25) is 19.7 Å². The highest BCUT2D eigenvalue weighted by atomic mass is 16.5. The van der Waals surface area contributed by atoms with Gasteiger partial charge in [0.05, 0.1) is 24.9 Å². The number of nitrogens with zero attached hydrogens (tertiary/aromatic N) is 3. The fraction of sp³-hybridized carbons (Fsp3) is 0.421. The van der Waals surface area contributed by atoms with E-state index in [2.05, 4.69) is 20.2 Å². The van der Waals surface area contributed by atoms with E-state index in [0.717, 1.165) is 30.2 Å². The summed E-state index contributed by atoms with van der Waals surface area (Å²) in [4.78, 5) is 23.7. The number of hydrogen-bond donors (Lipinski definition) is 1. The van der Waals surface area contributed by atoms with E-state index in [-0.39, 0.29) is 11.9 Å². The summed E-state index contributed by atoms with van der Waals surface area (Å²) in [5.41, 5.74) is 3.30. The second-order valence-electron chi connectivity index (χ2n) is 6.27. The standard InChI is InChI=1S/C19H24N4O2/c1-14-11-16(12-15(2)22-14)19(24)21-13-18(17-5-3-4-6-20-17)23-7-9-25-10-8-23/h3-6,11-12,18H,7-10,13H2,1-2H3,(H,21,24). The number of morpholine rings is 1. The fourth-order valence-corrected chi connectivity index (χ4v) is 3.14. The lowest BCUT2D eigenvalue weighted by atomic mass is 10.1. The first-order chi connectivity index (χ1) is 12.1. The number of carbonyl (C=O) groups excluding carboxylic acids is 1. The fourth-order valence-electron chi connectivity index (χ4n) is 3.14. The highest BCUT2D eigenvalue weighted by molar-refractivity contribution is 5.94. The number of aryl methyl sites for hydroxylation is 2. The van der Waals surface area contributed by atoms with Crippen molar-refractivity contribution in [3.8, 4) is 0 Å². The van der Waals surface area contributed by atoms with Gasteiger partial charge in [0.1, 0.15) is 0 Å². The minimum atomic E-state index is -0.0807. The molecule has 0 radical (unpaired) electrons. The second-order valence-corrected chi connectivity index (χ2v) is 6.27. The first kappa shape index (κ1) is 17.5. The minimum Gasteiger partial charge on any atom is -0.379 e. The molecule has 1 fully saturated rings. The second kappa shape index (κ2) is 8.18. The van der Waals surface area contributed by atoms with Crippen molar-refractivity contribution >= 4 is 5.91 Å². The molecular formula is C19H24N4O2. The molecule has 3 heterocycles. The number of aromatic nitrogens is 2. The van der Waals surface area contributed by atoms with Crippen LogP contribution in [-0.2, 0) is 4.74 Å². The van der Waals surface area contributed by atoms with Gasteiger partial charge in [-0.25, -0.2) is 0 Å². The lowest BCUT2D eigenvalue weighted by Crippen LogP contribution is -2.44. The van der Waals surface area contributed by atoms with E-state index in [9.17, 15) is 4.79 Å². The molecule has 132 valence electrons. The van der Waals surface area contributed by atoms with Gasteiger partial charge in [-0.1, -0.05) is 6.07 Å². The minimum absolute atomic E-state index is 0.0399. The molecule has 1 atom stereocenters. The molecule has 0 saturated carbocycles. The van der Waals surface area contributed by atoms with Crippen LogP contribution in [0.1, 0.15) is 33.5 Å². The van der Waals surface area contributed by atoms with E-state index in [1.54, 1.807) is 6.20 Å². The zero-order chi connectivity index (χ0) is 17.6. The molecule has 25 heavy (non-hydrogen) atoms. The molecule has 0 aliphatic carbocycles. The van der Waals surface area contributed by atoms with E-state index < -0.39 is 0 Å². The van der Waals surface area contributed by atoms with Crippen LogP contribution >= 0.6 is 0 Å². The topological polar surface area (TPSA) is 67.4 Å². The molecule has 3 rings (SSSR count). The van der Waals surface area contributed by atoms with Crippen LogP contribution in [0, 0.1) is 13.8 Å². The Kier molecular flexibility index (Phi) is 5.73. The first-order valence-corrected chi connectivity index (χ1v) is 8.60. The Morgan fingerprint density at radius 3 is 2.60 bits per heavy atom. The number of ether oxygens (including phenoxy) is 1. The van der Waals surface area contributed by atoms with Crippen molar-refractivity contribution in [1.82, 2.24) is 20.2 Å². The monoisotopic (exact) mass is 340 g/mol. The summed E-state index contributed by atoms with van der Waals surface area (Å²) in [7, 11) is 0. The Morgan fingerprint density at radius 1 is 1.24 bits per heavy atom. The zero-order valence-electron chi connectivity index (χ0n) is 14.7. The van der Waals surface area contributed by atoms with E-state index in [0.29, 0.717) is 25.3 Å². The third-order valence-corrected chi connectivity index (χ3v) is 4.32. The molecule has 0 spiro atoms. The predicted octanol–water partition coefficient (Wildman–Crippen LogP) is 1.90. The van der Waals surface area contributed by atoms with Gasteiger partial charge in [-0.2, -0.15) is 0 Å². The van der Waals surface area contributed by atoms with Crippen LogP contribution in [0.2, 0.25) is 0 Å². The number of hydrogen-bond acceptors (Lipinski definition) is 5. The van der Waals surface area contributed by atoms with Crippen LogP contribution in [0.4, 0.5) is 0 Å².